The highest BCUT2D eigenvalue weighted by Crippen LogP contribution is 2.21. The first-order valence-corrected chi connectivity index (χ1v) is 4.44. The van der Waals surface area contributed by atoms with Gasteiger partial charge in [0.1, 0.15) is 5.75 Å². The Morgan fingerprint density at radius 3 is 2.56 bits per heavy atom. The topological polar surface area (TPSA) is 66.8 Å². The molecular formula is C10H10F2O4. The Hall–Kier alpha value is -1.69. The molecule has 1 aromatic carbocycles. The zero-order valence-corrected chi connectivity index (χ0v) is 8.14. The predicted molar refractivity (Wildman–Crippen MR) is 50.4 cm³/mol. The van der Waals surface area contributed by atoms with Crippen molar-refractivity contribution in [2.45, 2.75) is 19.1 Å². The van der Waals surface area contributed by atoms with Crippen LogP contribution in [0.15, 0.2) is 24.3 Å². The van der Waals surface area contributed by atoms with Crippen molar-refractivity contribution in [3.05, 3.63) is 29.8 Å². The number of alkyl halides is 2. The van der Waals surface area contributed by atoms with Crippen LogP contribution < -0.4 is 4.74 Å². The molecule has 1 atom stereocenters. The third kappa shape index (κ3) is 3.47. The third-order valence-electron chi connectivity index (χ3n) is 1.89. The molecule has 0 unspecified atom stereocenters. The molecular weight excluding hydrogens is 222 g/mol. The van der Waals surface area contributed by atoms with E-state index in [1.165, 1.54) is 18.2 Å². The van der Waals surface area contributed by atoms with Gasteiger partial charge in [-0.15, -0.1) is 0 Å². The summed E-state index contributed by atoms with van der Waals surface area (Å²) in [6.07, 6.45) is -1.92. The van der Waals surface area contributed by atoms with Gasteiger partial charge in [-0.05, 0) is 11.6 Å². The second-order valence-corrected chi connectivity index (χ2v) is 3.04. The number of carboxylic acids is 1. The van der Waals surface area contributed by atoms with Crippen LogP contribution in [-0.2, 0) is 11.2 Å². The van der Waals surface area contributed by atoms with Gasteiger partial charge in [-0.2, -0.15) is 8.78 Å². The molecule has 0 heterocycles. The number of rotatable bonds is 5. The molecule has 0 aliphatic rings. The van der Waals surface area contributed by atoms with Gasteiger partial charge in [-0.3, -0.25) is 0 Å². The highest BCUT2D eigenvalue weighted by molar-refractivity contribution is 5.72. The second kappa shape index (κ2) is 5.41. The summed E-state index contributed by atoms with van der Waals surface area (Å²) >= 11 is 0. The molecule has 0 saturated carbocycles. The Morgan fingerprint density at radius 1 is 1.38 bits per heavy atom. The molecule has 1 aromatic rings. The third-order valence-corrected chi connectivity index (χ3v) is 1.89. The SMILES string of the molecule is O=C(O)[C@H](O)Cc1ccccc1OC(F)F. The quantitative estimate of drug-likeness (QED) is 0.802. The number of para-hydroxylation sites is 1. The number of carboxylic acid groups (broad SMARTS) is 1. The molecule has 0 radical (unpaired) electrons. The monoisotopic (exact) mass is 232 g/mol. The fraction of sp³-hybridized carbons (Fsp3) is 0.300. The molecule has 0 aromatic heterocycles. The van der Waals surface area contributed by atoms with Gasteiger partial charge in [0.05, 0.1) is 0 Å². The lowest BCUT2D eigenvalue weighted by Gasteiger charge is -2.11. The summed E-state index contributed by atoms with van der Waals surface area (Å²) in [5.74, 6) is -1.54. The first kappa shape index (κ1) is 12.4. The second-order valence-electron chi connectivity index (χ2n) is 3.04. The molecule has 1 rings (SSSR count). The van der Waals surface area contributed by atoms with Gasteiger partial charge in [0, 0.05) is 6.42 Å². The fourth-order valence-electron chi connectivity index (χ4n) is 1.18. The molecule has 2 N–H and O–H groups in total. The van der Waals surface area contributed by atoms with Crippen LogP contribution in [0.3, 0.4) is 0 Å². The molecule has 16 heavy (non-hydrogen) atoms. The highest BCUT2D eigenvalue weighted by Gasteiger charge is 2.17. The van der Waals surface area contributed by atoms with Gasteiger partial charge in [0.25, 0.3) is 0 Å². The number of aliphatic hydroxyl groups is 1. The zero-order valence-electron chi connectivity index (χ0n) is 8.14. The van der Waals surface area contributed by atoms with E-state index in [0.29, 0.717) is 0 Å². The Kier molecular flexibility index (Phi) is 4.19. The van der Waals surface area contributed by atoms with E-state index in [1.807, 2.05) is 0 Å². The van der Waals surface area contributed by atoms with Crippen molar-refractivity contribution in [3.63, 3.8) is 0 Å². The summed E-state index contributed by atoms with van der Waals surface area (Å²) in [5.41, 5.74) is 0.220. The lowest BCUT2D eigenvalue weighted by Crippen LogP contribution is -2.22. The van der Waals surface area contributed by atoms with Crippen LogP contribution in [0.25, 0.3) is 0 Å². The molecule has 0 fully saturated rings. The molecule has 0 aliphatic heterocycles. The highest BCUT2D eigenvalue weighted by atomic mass is 19.3. The van der Waals surface area contributed by atoms with E-state index >= 15 is 0 Å². The average molecular weight is 232 g/mol. The van der Waals surface area contributed by atoms with Gasteiger partial charge in [-0.25, -0.2) is 4.79 Å². The van der Waals surface area contributed by atoms with Gasteiger partial charge < -0.3 is 14.9 Å². The Balaban J connectivity index is 2.82. The number of carbonyl (C=O) groups is 1. The number of aliphatic hydroxyl groups excluding tert-OH is 1. The molecule has 0 aliphatic carbocycles. The van der Waals surface area contributed by atoms with E-state index in [4.69, 9.17) is 10.2 Å². The first-order valence-electron chi connectivity index (χ1n) is 4.44. The van der Waals surface area contributed by atoms with E-state index in [2.05, 4.69) is 4.74 Å². The predicted octanol–water partition coefficient (Wildman–Crippen LogP) is 1.28. The van der Waals surface area contributed by atoms with Crippen molar-refractivity contribution >= 4 is 5.97 Å². The van der Waals surface area contributed by atoms with Crippen LogP contribution in [0.2, 0.25) is 0 Å². The van der Waals surface area contributed by atoms with Crippen molar-refractivity contribution in [2.24, 2.45) is 0 Å². The van der Waals surface area contributed by atoms with Crippen molar-refractivity contribution in [3.8, 4) is 5.75 Å². The van der Waals surface area contributed by atoms with Crippen LogP contribution in [0, 0.1) is 0 Å². The normalized spacial score (nSPS) is 12.5. The van der Waals surface area contributed by atoms with Crippen molar-refractivity contribution < 1.29 is 28.5 Å². The minimum absolute atomic E-state index is 0.127. The number of ether oxygens (including phenoxy) is 1. The summed E-state index contributed by atoms with van der Waals surface area (Å²) in [4.78, 5) is 10.4. The number of aliphatic carboxylic acids is 1. The number of benzene rings is 1. The van der Waals surface area contributed by atoms with Crippen molar-refractivity contribution in [1.29, 1.82) is 0 Å². The molecule has 4 nitrogen and oxygen atoms in total. The molecule has 88 valence electrons. The summed E-state index contributed by atoms with van der Waals surface area (Å²) in [6, 6.07) is 5.73. The van der Waals surface area contributed by atoms with E-state index < -0.39 is 18.7 Å². The van der Waals surface area contributed by atoms with Crippen LogP contribution in [-0.4, -0.2) is 28.9 Å². The van der Waals surface area contributed by atoms with Crippen molar-refractivity contribution in [2.75, 3.05) is 0 Å². The molecule has 6 heteroatoms. The average Bonchev–Trinajstić information content (AvgIpc) is 2.20. The van der Waals surface area contributed by atoms with Crippen molar-refractivity contribution in [1.82, 2.24) is 0 Å². The van der Waals surface area contributed by atoms with Gasteiger partial charge in [0.15, 0.2) is 6.10 Å². The van der Waals surface area contributed by atoms with Crippen LogP contribution in [0.1, 0.15) is 5.56 Å². The summed E-state index contributed by atoms with van der Waals surface area (Å²) in [7, 11) is 0. The molecule has 0 saturated heterocycles. The maximum atomic E-state index is 12.0. The lowest BCUT2D eigenvalue weighted by atomic mass is 10.1. The molecule has 0 bridgehead atoms. The maximum absolute atomic E-state index is 12.0. The van der Waals surface area contributed by atoms with Crippen LogP contribution in [0.5, 0.6) is 5.75 Å². The lowest BCUT2D eigenvalue weighted by molar-refractivity contribution is -0.146. The summed E-state index contributed by atoms with van der Waals surface area (Å²) < 4.78 is 28.2. The van der Waals surface area contributed by atoms with Crippen LogP contribution >= 0.6 is 0 Å². The van der Waals surface area contributed by atoms with Gasteiger partial charge >= 0.3 is 12.6 Å². The Labute approximate surface area is 90.1 Å². The Morgan fingerprint density at radius 2 is 2.00 bits per heavy atom. The van der Waals surface area contributed by atoms with E-state index in [9.17, 15) is 13.6 Å². The standard InChI is InChI=1S/C10H10F2O4/c11-10(12)16-8-4-2-1-3-6(8)5-7(13)9(14)15/h1-4,7,10,13H,5H2,(H,14,15)/t7-/m1/s1. The minimum Gasteiger partial charge on any atom is -0.479 e. The Bertz CT molecular complexity index is 368. The number of hydrogen-bond donors (Lipinski definition) is 2. The van der Waals surface area contributed by atoms with E-state index in [-0.39, 0.29) is 17.7 Å². The smallest absolute Gasteiger partial charge is 0.387 e. The summed E-state index contributed by atoms with van der Waals surface area (Å²) in [5, 5.41) is 17.6. The summed E-state index contributed by atoms with van der Waals surface area (Å²) in [6.45, 7) is -2.98. The van der Waals surface area contributed by atoms with E-state index in [1.54, 1.807) is 6.07 Å². The van der Waals surface area contributed by atoms with Crippen LogP contribution in [0.4, 0.5) is 8.78 Å². The molecule has 0 amide bonds. The minimum atomic E-state index is -2.98. The first-order chi connectivity index (χ1) is 7.50. The largest absolute Gasteiger partial charge is 0.479 e. The fourth-order valence-corrected chi connectivity index (χ4v) is 1.18. The van der Waals surface area contributed by atoms with Gasteiger partial charge in [0.2, 0.25) is 0 Å². The van der Waals surface area contributed by atoms with Gasteiger partial charge in [-0.1, -0.05) is 18.2 Å². The van der Waals surface area contributed by atoms with E-state index in [0.717, 1.165) is 0 Å². The zero-order chi connectivity index (χ0) is 12.1. The maximum Gasteiger partial charge on any atom is 0.387 e. The number of halogens is 2. The number of hydrogen-bond acceptors (Lipinski definition) is 3. The molecule has 0 spiro atoms.